The molecule has 1 aliphatic rings. The van der Waals surface area contributed by atoms with Crippen molar-refractivity contribution in [3.63, 3.8) is 0 Å². The lowest BCUT2D eigenvalue weighted by atomic mass is 10.2. The van der Waals surface area contributed by atoms with Crippen molar-refractivity contribution in [1.82, 2.24) is 0 Å². The Morgan fingerprint density at radius 1 is 1.21 bits per heavy atom. The van der Waals surface area contributed by atoms with Crippen LogP contribution < -0.4 is 0 Å². The number of hydrogen-bond donors (Lipinski definition) is 1. The van der Waals surface area contributed by atoms with E-state index in [2.05, 4.69) is 0 Å². The van der Waals surface area contributed by atoms with E-state index >= 15 is 0 Å². The number of aliphatic hydroxyl groups excluding tert-OH is 1. The fourth-order valence-electron chi connectivity index (χ4n) is 1.65. The van der Waals surface area contributed by atoms with Gasteiger partial charge in [-0.2, -0.15) is 0 Å². The van der Waals surface area contributed by atoms with Crippen LogP contribution in [0.5, 0.6) is 0 Å². The predicted molar refractivity (Wildman–Crippen MR) is 55.3 cm³/mol. The van der Waals surface area contributed by atoms with E-state index in [4.69, 9.17) is 9.47 Å². The maximum atomic E-state index is 9.48. The van der Waals surface area contributed by atoms with Crippen molar-refractivity contribution < 1.29 is 14.6 Å². The molecule has 0 aromatic carbocycles. The Hall–Kier alpha value is -0.120. The molecule has 0 spiro atoms. The second-order valence-corrected chi connectivity index (χ2v) is 4.87. The van der Waals surface area contributed by atoms with Crippen LogP contribution in [-0.2, 0) is 9.47 Å². The molecule has 0 bridgehead atoms. The summed E-state index contributed by atoms with van der Waals surface area (Å²) >= 11 is 0. The summed E-state index contributed by atoms with van der Waals surface area (Å²) in [6, 6.07) is 0. The summed E-state index contributed by atoms with van der Waals surface area (Å²) < 4.78 is 11.1. The largest absolute Gasteiger partial charge is 0.390 e. The molecular weight excluding hydrogens is 180 g/mol. The predicted octanol–water partition coefficient (Wildman–Crippen LogP) is 1.73. The molecule has 0 aliphatic heterocycles. The van der Waals surface area contributed by atoms with Crippen LogP contribution in [-0.4, -0.2) is 36.1 Å². The zero-order valence-corrected chi connectivity index (χ0v) is 9.45. The summed E-state index contributed by atoms with van der Waals surface area (Å²) in [6.07, 6.45) is 2.72. The van der Waals surface area contributed by atoms with Gasteiger partial charge in [-0.3, -0.25) is 0 Å². The molecule has 0 radical (unpaired) electrons. The summed E-state index contributed by atoms with van der Waals surface area (Å²) in [7, 11) is 0. The smallest absolute Gasteiger partial charge is 0.0835 e. The normalized spacial score (nSPS) is 28.3. The highest BCUT2D eigenvalue weighted by Crippen LogP contribution is 2.21. The fourth-order valence-corrected chi connectivity index (χ4v) is 1.65. The van der Waals surface area contributed by atoms with Crippen molar-refractivity contribution in [3.05, 3.63) is 0 Å². The van der Waals surface area contributed by atoms with Gasteiger partial charge in [0, 0.05) is 0 Å². The standard InChI is InChI=1S/C11H22O3/c1-11(2,3)14-8-7-13-10-6-4-5-9(10)12/h9-10,12H,4-8H2,1-3H3. The third-order valence-electron chi connectivity index (χ3n) is 2.37. The lowest BCUT2D eigenvalue weighted by Crippen LogP contribution is -2.27. The average Bonchev–Trinajstić information content (AvgIpc) is 2.44. The Morgan fingerprint density at radius 2 is 1.93 bits per heavy atom. The molecule has 2 atom stereocenters. The van der Waals surface area contributed by atoms with E-state index in [0.29, 0.717) is 13.2 Å². The molecule has 14 heavy (non-hydrogen) atoms. The van der Waals surface area contributed by atoms with E-state index in [9.17, 15) is 5.11 Å². The van der Waals surface area contributed by atoms with Gasteiger partial charge in [-0.1, -0.05) is 0 Å². The third kappa shape index (κ3) is 4.40. The monoisotopic (exact) mass is 202 g/mol. The van der Waals surface area contributed by atoms with Gasteiger partial charge in [0.2, 0.25) is 0 Å². The quantitative estimate of drug-likeness (QED) is 0.706. The van der Waals surface area contributed by atoms with Crippen LogP contribution in [0.4, 0.5) is 0 Å². The number of aliphatic hydroxyl groups is 1. The highest BCUT2D eigenvalue weighted by molar-refractivity contribution is 4.76. The summed E-state index contributed by atoms with van der Waals surface area (Å²) in [6.45, 7) is 7.26. The van der Waals surface area contributed by atoms with Crippen LogP contribution >= 0.6 is 0 Å². The van der Waals surface area contributed by atoms with Gasteiger partial charge in [0.25, 0.3) is 0 Å². The first kappa shape index (κ1) is 12.0. The summed E-state index contributed by atoms with van der Waals surface area (Å²) in [5, 5.41) is 9.48. The molecule has 1 saturated carbocycles. The Labute approximate surface area is 86.4 Å². The fraction of sp³-hybridized carbons (Fsp3) is 1.00. The Kier molecular flexibility index (Phi) is 4.35. The molecule has 84 valence electrons. The van der Waals surface area contributed by atoms with Crippen molar-refractivity contribution >= 4 is 0 Å². The number of ether oxygens (including phenoxy) is 2. The summed E-state index contributed by atoms with van der Waals surface area (Å²) in [5.74, 6) is 0. The van der Waals surface area contributed by atoms with Crippen molar-refractivity contribution in [1.29, 1.82) is 0 Å². The first-order valence-electron chi connectivity index (χ1n) is 5.43. The molecule has 1 fully saturated rings. The molecule has 1 aliphatic carbocycles. The van der Waals surface area contributed by atoms with E-state index in [1.165, 1.54) is 0 Å². The van der Waals surface area contributed by atoms with Gasteiger partial charge < -0.3 is 14.6 Å². The molecule has 1 rings (SSSR count). The molecule has 0 aromatic rings. The van der Waals surface area contributed by atoms with Gasteiger partial charge in [-0.25, -0.2) is 0 Å². The minimum atomic E-state index is -0.260. The minimum absolute atomic E-state index is 0.0403. The molecule has 3 heteroatoms. The van der Waals surface area contributed by atoms with Crippen molar-refractivity contribution in [2.75, 3.05) is 13.2 Å². The van der Waals surface area contributed by atoms with E-state index < -0.39 is 0 Å². The SMILES string of the molecule is CC(C)(C)OCCOC1CCCC1O. The maximum absolute atomic E-state index is 9.48. The highest BCUT2D eigenvalue weighted by Gasteiger charge is 2.25. The van der Waals surface area contributed by atoms with E-state index in [0.717, 1.165) is 19.3 Å². The lowest BCUT2D eigenvalue weighted by Gasteiger charge is -2.21. The van der Waals surface area contributed by atoms with Gasteiger partial charge in [-0.15, -0.1) is 0 Å². The first-order valence-corrected chi connectivity index (χ1v) is 5.43. The van der Waals surface area contributed by atoms with Crippen LogP contribution in [0, 0.1) is 0 Å². The zero-order chi connectivity index (χ0) is 10.6. The van der Waals surface area contributed by atoms with Gasteiger partial charge in [0.1, 0.15) is 0 Å². The molecule has 1 N–H and O–H groups in total. The molecule has 2 unspecified atom stereocenters. The van der Waals surface area contributed by atoms with E-state index in [-0.39, 0.29) is 17.8 Å². The molecule has 3 nitrogen and oxygen atoms in total. The van der Waals surface area contributed by atoms with Gasteiger partial charge >= 0.3 is 0 Å². The molecule has 0 heterocycles. The lowest BCUT2D eigenvalue weighted by molar-refractivity contribution is -0.0716. The second-order valence-electron chi connectivity index (χ2n) is 4.87. The van der Waals surface area contributed by atoms with Gasteiger partial charge in [-0.05, 0) is 40.0 Å². The van der Waals surface area contributed by atoms with E-state index in [1.54, 1.807) is 0 Å². The van der Waals surface area contributed by atoms with Crippen LogP contribution in [0.1, 0.15) is 40.0 Å². The first-order chi connectivity index (χ1) is 6.49. The topological polar surface area (TPSA) is 38.7 Å². The van der Waals surface area contributed by atoms with Crippen LogP contribution in [0.3, 0.4) is 0 Å². The average molecular weight is 202 g/mol. The van der Waals surface area contributed by atoms with Crippen molar-refractivity contribution in [3.8, 4) is 0 Å². The Morgan fingerprint density at radius 3 is 2.43 bits per heavy atom. The molecule has 0 amide bonds. The summed E-state index contributed by atoms with van der Waals surface area (Å²) in [4.78, 5) is 0. The zero-order valence-electron chi connectivity index (χ0n) is 9.45. The number of hydrogen-bond acceptors (Lipinski definition) is 3. The maximum Gasteiger partial charge on any atom is 0.0835 e. The van der Waals surface area contributed by atoms with Crippen LogP contribution in [0.2, 0.25) is 0 Å². The third-order valence-corrected chi connectivity index (χ3v) is 2.37. The van der Waals surface area contributed by atoms with Crippen LogP contribution in [0.15, 0.2) is 0 Å². The van der Waals surface area contributed by atoms with Gasteiger partial charge in [0.05, 0.1) is 31.0 Å². The van der Waals surface area contributed by atoms with Crippen molar-refractivity contribution in [2.24, 2.45) is 0 Å². The highest BCUT2D eigenvalue weighted by atomic mass is 16.5. The molecule has 0 aromatic heterocycles. The van der Waals surface area contributed by atoms with Gasteiger partial charge in [0.15, 0.2) is 0 Å². The number of rotatable bonds is 4. The van der Waals surface area contributed by atoms with E-state index in [1.807, 2.05) is 20.8 Å². The van der Waals surface area contributed by atoms with Crippen LogP contribution in [0.25, 0.3) is 0 Å². The molecule has 0 saturated heterocycles. The Balaban J connectivity index is 2.04. The minimum Gasteiger partial charge on any atom is -0.390 e. The Bertz CT molecular complexity index is 162. The second kappa shape index (κ2) is 5.10. The summed E-state index contributed by atoms with van der Waals surface area (Å²) in [5.41, 5.74) is -0.0996. The van der Waals surface area contributed by atoms with Crippen molar-refractivity contribution in [2.45, 2.75) is 57.8 Å². The molecular formula is C11H22O3.